The highest BCUT2D eigenvalue weighted by Gasteiger charge is 1.94. The minimum absolute atomic E-state index is 0.889. The Hall–Kier alpha value is -0.120. The topological polar surface area (TPSA) is 33.3 Å². The van der Waals surface area contributed by atoms with Crippen LogP contribution in [0.3, 0.4) is 0 Å². The van der Waals surface area contributed by atoms with E-state index in [1.165, 1.54) is 32.4 Å². The Morgan fingerprint density at radius 3 is 1.19 bits per heavy atom. The maximum atomic E-state index is 5.01. The molecular formula is C13H32N2O. The molecule has 2 N–H and O–H groups in total. The van der Waals surface area contributed by atoms with Crippen LogP contribution in [0.25, 0.3) is 0 Å². The summed E-state index contributed by atoms with van der Waals surface area (Å²) in [4.78, 5) is 0. The fraction of sp³-hybridized carbons (Fsp3) is 1.00. The molecule has 0 amide bonds. The summed E-state index contributed by atoms with van der Waals surface area (Å²) in [5, 5.41) is 6.44. The van der Waals surface area contributed by atoms with Gasteiger partial charge in [0.15, 0.2) is 0 Å². The third-order valence-electron chi connectivity index (χ3n) is 2.05. The van der Waals surface area contributed by atoms with E-state index >= 15 is 0 Å². The summed E-state index contributed by atoms with van der Waals surface area (Å²) in [7, 11) is 0. The molecule has 2 aliphatic heterocycles. The summed E-state index contributed by atoms with van der Waals surface area (Å²) in [6, 6.07) is 0. The Labute approximate surface area is 102 Å². The van der Waals surface area contributed by atoms with Crippen molar-refractivity contribution in [2.45, 2.75) is 47.0 Å². The molecule has 2 heterocycles. The maximum Gasteiger partial charge on any atom is 0.0591 e. The van der Waals surface area contributed by atoms with Crippen LogP contribution in [0.2, 0.25) is 0 Å². The number of morpholine rings is 1. The Morgan fingerprint density at radius 1 is 0.625 bits per heavy atom. The number of rotatable bonds is 0. The van der Waals surface area contributed by atoms with Gasteiger partial charge in [0.25, 0.3) is 0 Å². The smallest absolute Gasteiger partial charge is 0.0591 e. The summed E-state index contributed by atoms with van der Waals surface area (Å²) >= 11 is 0. The SMILES string of the molecule is C1CCNCC1.C1COCCN1.CC.CC. The standard InChI is InChI=1S/C5H11N.C4H9NO.2C2H6/c1-2-4-6-5-3-1;1-3-6-4-2-5-1;2*1-2/h6H,1-5H2;5H,1-4H2;2*1-2H3. The fourth-order valence-electron chi connectivity index (χ4n) is 1.32. The van der Waals surface area contributed by atoms with E-state index in [9.17, 15) is 0 Å². The second-order valence-corrected chi connectivity index (χ2v) is 3.17. The molecule has 100 valence electrons. The molecule has 2 aliphatic rings. The van der Waals surface area contributed by atoms with Gasteiger partial charge in [0.1, 0.15) is 0 Å². The molecule has 0 aromatic heterocycles. The Morgan fingerprint density at radius 2 is 1.06 bits per heavy atom. The van der Waals surface area contributed by atoms with E-state index < -0.39 is 0 Å². The van der Waals surface area contributed by atoms with Crippen molar-refractivity contribution >= 4 is 0 Å². The van der Waals surface area contributed by atoms with E-state index in [0.29, 0.717) is 0 Å². The van der Waals surface area contributed by atoms with Gasteiger partial charge in [0.2, 0.25) is 0 Å². The van der Waals surface area contributed by atoms with Gasteiger partial charge in [-0.05, 0) is 25.9 Å². The van der Waals surface area contributed by atoms with Crippen LogP contribution in [-0.2, 0) is 4.74 Å². The lowest BCUT2D eigenvalue weighted by Gasteiger charge is -2.10. The van der Waals surface area contributed by atoms with Crippen molar-refractivity contribution < 1.29 is 4.74 Å². The minimum atomic E-state index is 0.889. The fourth-order valence-corrected chi connectivity index (χ4v) is 1.32. The summed E-state index contributed by atoms with van der Waals surface area (Å²) in [6.07, 6.45) is 4.22. The lowest BCUT2D eigenvalue weighted by atomic mass is 10.2. The number of ether oxygens (including phenoxy) is 1. The van der Waals surface area contributed by atoms with Crippen LogP contribution in [-0.4, -0.2) is 39.4 Å². The molecule has 2 saturated heterocycles. The zero-order valence-electron chi connectivity index (χ0n) is 11.8. The summed E-state index contributed by atoms with van der Waals surface area (Å²) in [5.74, 6) is 0. The van der Waals surface area contributed by atoms with Crippen molar-refractivity contribution in [3.8, 4) is 0 Å². The van der Waals surface area contributed by atoms with Crippen LogP contribution in [0.4, 0.5) is 0 Å². The van der Waals surface area contributed by atoms with Gasteiger partial charge in [-0.2, -0.15) is 0 Å². The lowest BCUT2D eigenvalue weighted by Crippen LogP contribution is -2.30. The van der Waals surface area contributed by atoms with Crippen LogP contribution in [0.5, 0.6) is 0 Å². The van der Waals surface area contributed by atoms with Gasteiger partial charge in [0, 0.05) is 13.1 Å². The zero-order chi connectivity index (χ0) is 12.5. The first-order chi connectivity index (χ1) is 8.00. The largest absolute Gasteiger partial charge is 0.379 e. The molecule has 0 aliphatic carbocycles. The van der Waals surface area contributed by atoms with Crippen LogP contribution in [0, 0.1) is 0 Å². The quantitative estimate of drug-likeness (QED) is 0.673. The Bertz CT molecular complexity index is 56.9. The normalized spacial score (nSPS) is 18.8. The molecule has 3 heteroatoms. The Balaban J connectivity index is 0. The van der Waals surface area contributed by atoms with Crippen molar-refractivity contribution in [2.24, 2.45) is 0 Å². The van der Waals surface area contributed by atoms with Crippen LogP contribution < -0.4 is 10.6 Å². The minimum Gasteiger partial charge on any atom is -0.379 e. The van der Waals surface area contributed by atoms with Crippen LogP contribution in [0.15, 0.2) is 0 Å². The van der Waals surface area contributed by atoms with Gasteiger partial charge in [-0.15, -0.1) is 0 Å². The summed E-state index contributed by atoms with van der Waals surface area (Å²) < 4.78 is 5.01. The van der Waals surface area contributed by atoms with E-state index in [2.05, 4.69) is 10.6 Å². The predicted octanol–water partition coefficient (Wildman–Crippen LogP) is 2.42. The number of piperidine rings is 1. The Kier molecular flexibility index (Phi) is 23.2. The van der Waals surface area contributed by atoms with Gasteiger partial charge < -0.3 is 15.4 Å². The third-order valence-corrected chi connectivity index (χ3v) is 2.05. The van der Waals surface area contributed by atoms with Crippen molar-refractivity contribution in [2.75, 3.05) is 39.4 Å². The highest BCUT2D eigenvalue weighted by Crippen LogP contribution is 1.96. The highest BCUT2D eigenvalue weighted by atomic mass is 16.5. The molecular weight excluding hydrogens is 200 g/mol. The monoisotopic (exact) mass is 232 g/mol. The average Bonchev–Trinajstić information content (AvgIpc) is 2.48. The van der Waals surface area contributed by atoms with E-state index in [0.717, 1.165) is 26.3 Å². The molecule has 2 fully saturated rings. The lowest BCUT2D eigenvalue weighted by molar-refractivity contribution is 0.109. The van der Waals surface area contributed by atoms with Gasteiger partial charge >= 0.3 is 0 Å². The van der Waals surface area contributed by atoms with Gasteiger partial charge in [0.05, 0.1) is 13.2 Å². The number of hydrogen-bond donors (Lipinski definition) is 2. The van der Waals surface area contributed by atoms with Crippen molar-refractivity contribution in [1.29, 1.82) is 0 Å². The van der Waals surface area contributed by atoms with E-state index in [1.807, 2.05) is 27.7 Å². The highest BCUT2D eigenvalue weighted by molar-refractivity contribution is 4.55. The molecule has 0 aromatic rings. The second kappa shape index (κ2) is 20.3. The molecule has 0 spiro atoms. The van der Waals surface area contributed by atoms with Crippen LogP contribution >= 0.6 is 0 Å². The molecule has 0 saturated carbocycles. The van der Waals surface area contributed by atoms with Crippen LogP contribution in [0.1, 0.15) is 47.0 Å². The van der Waals surface area contributed by atoms with E-state index in [1.54, 1.807) is 0 Å². The number of hydrogen-bond acceptors (Lipinski definition) is 3. The zero-order valence-corrected chi connectivity index (χ0v) is 11.8. The van der Waals surface area contributed by atoms with Gasteiger partial charge in [-0.3, -0.25) is 0 Å². The summed E-state index contributed by atoms with van der Waals surface area (Å²) in [6.45, 7) is 14.3. The predicted molar refractivity (Wildman–Crippen MR) is 73.1 cm³/mol. The first-order valence-electron chi connectivity index (χ1n) is 6.99. The molecule has 0 unspecified atom stereocenters. The second-order valence-electron chi connectivity index (χ2n) is 3.17. The maximum absolute atomic E-state index is 5.01. The summed E-state index contributed by atoms with van der Waals surface area (Å²) in [5.41, 5.74) is 0. The van der Waals surface area contributed by atoms with Crippen molar-refractivity contribution in [3.05, 3.63) is 0 Å². The first-order valence-corrected chi connectivity index (χ1v) is 6.99. The van der Waals surface area contributed by atoms with Gasteiger partial charge in [-0.1, -0.05) is 34.1 Å². The van der Waals surface area contributed by atoms with E-state index in [-0.39, 0.29) is 0 Å². The molecule has 3 nitrogen and oxygen atoms in total. The third kappa shape index (κ3) is 16.3. The average molecular weight is 232 g/mol. The molecule has 0 radical (unpaired) electrons. The first kappa shape index (κ1) is 18.3. The molecule has 16 heavy (non-hydrogen) atoms. The molecule has 2 rings (SSSR count). The molecule has 0 atom stereocenters. The molecule has 0 bridgehead atoms. The van der Waals surface area contributed by atoms with Gasteiger partial charge in [-0.25, -0.2) is 0 Å². The number of nitrogens with one attached hydrogen (secondary N) is 2. The van der Waals surface area contributed by atoms with E-state index in [4.69, 9.17) is 4.74 Å². The molecule has 0 aromatic carbocycles. The van der Waals surface area contributed by atoms with Crippen molar-refractivity contribution in [1.82, 2.24) is 10.6 Å². The van der Waals surface area contributed by atoms with Crippen molar-refractivity contribution in [3.63, 3.8) is 0 Å².